The first-order valence-electron chi connectivity index (χ1n) is 5.70. The van der Waals surface area contributed by atoms with Crippen molar-refractivity contribution in [2.45, 2.75) is 6.92 Å². The number of non-ortho nitro benzene ring substituents is 1. The Labute approximate surface area is 123 Å². The van der Waals surface area contributed by atoms with Gasteiger partial charge in [0.05, 0.1) is 27.4 Å². The Balaban J connectivity index is 2.32. The van der Waals surface area contributed by atoms with Crippen molar-refractivity contribution < 1.29 is 19.6 Å². The zero-order chi connectivity index (χ0) is 15.6. The second-order valence-electron chi connectivity index (χ2n) is 4.08. The van der Waals surface area contributed by atoms with E-state index < -0.39 is 10.9 Å². The molecular formula is C13H9ClN2O5. The molecule has 0 aliphatic heterocycles. The molecule has 7 nitrogen and oxygen atoms in total. The molecule has 108 valence electrons. The molecule has 0 aliphatic rings. The molecule has 8 heteroatoms. The van der Waals surface area contributed by atoms with Crippen molar-refractivity contribution in [2.24, 2.45) is 0 Å². The highest BCUT2D eigenvalue weighted by Crippen LogP contribution is 2.32. The van der Waals surface area contributed by atoms with Gasteiger partial charge in [0.15, 0.2) is 0 Å². The van der Waals surface area contributed by atoms with Crippen LogP contribution in [-0.4, -0.2) is 21.0 Å². The van der Waals surface area contributed by atoms with Gasteiger partial charge in [-0.1, -0.05) is 11.6 Å². The van der Waals surface area contributed by atoms with Crippen molar-refractivity contribution in [1.82, 2.24) is 4.98 Å². The number of aromatic carboxylic acids is 1. The first kappa shape index (κ1) is 14.7. The van der Waals surface area contributed by atoms with Crippen LogP contribution in [0.4, 0.5) is 5.69 Å². The Morgan fingerprint density at radius 3 is 2.71 bits per heavy atom. The predicted octanol–water partition coefficient (Wildman–Crippen LogP) is 3.44. The molecule has 1 N–H and O–H groups in total. The Kier molecular flexibility index (Phi) is 4.04. The minimum atomic E-state index is -1.12. The Hall–Kier alpha value is -2.67. The summed E-state index contributed by atoms with van der Waals surface area (Å²) in [5, 5.41) is 19.7. The first-order chi connectivity index (χ1) is 9.88. The fraction of sp³-hybridized carbons (Fsp3) is 0.0769. The highest BCUT2D eigenvalue weighted by atomic mass is 35.5. The summed E-state index contributed by atoms with van der Waals surface area (Å²) in [5.41, 5.74) is 0.191. The molecule has 2 rings (SSSR count). The predicted molar refractivity (Wildman–Crippen MR) is 74.1 cm³/mol. The van der Waals surface area contributed by atoms with Crippen LogP contribution in [0.3, 0.4) is 0 Å². The van der Waals surface area contributed by atoms with E-state index in [9.17, 15) is 14.9 Å². The van der Waals surface area contributed by atoms with Gasteiger partial charge in [-0.15, -0.1) is 0 Å². The van der Waals surface area contributed by atoms with Gasteiger partial charge in [-0.05, 0) is 19.1 Å². The third kappa shape index (κ3) is 3.26. The minimum absolute atomic E-state index is 0.00512. The molecule has 2 aromatic rings. The quantitative estimate of drug-likeness (QED) is 0.685. The normalized spacial score (nSPS) is 10.2. The van der Waals surface area contributed by atoms with Crippen LogP contribution >= 0.6 is 11.6 Å². The second-order valence-corrected chi connectivity index (χ2v) is 4.49. The lowest BCUT2D eigenvalue weighted by Gasteiger charge is -2.08. The van der Waals surface area contributed by atoms with Gasteiger partial charge in [-0.3, -0.25) is 15.1 Å². The Morgan fingerprint density at radius 1 is 1.43 bits per heavy atom. The van der Waals surface area contributed by atoms with Crippen LogP contribution in [0.25, 0.3) is 0 Å². The fourth-order valence-electron chi connectivity index (χ4n) is 1.60. The van der Waals surface area contributed by atoms with Crippen molar-refractivity contribution in [3.05, 3.63) is 56.9 Å². The van der Waals surface area contributed by atoms with E-state index in [-0.39, 0.29) is 27.8 Å². The molecule has 0 fully saturated rings. The number of aryl methyl sites for hydroxylation is 1. The van der Waals surface area contributed by atoms with Gasteiger partial charge < -0.3 is 9.84 Å². The van der Waals surface area contributed by atoms with E-state index in [1.165, 1.54) is 24.4 Å². The molecule has 0 saturated carbocycles. The number of carboxylic acid groups (broad SMARTS) is 1. The SMILES string of the molecule is Cc1ncc(Oc2ccc([N+](=O)[O-])cc2Cl)cc1C(=O)O. The first-order valence-corrected chi connectivity index (χ1v) is 6.08. The summed E-state index contributed by atoms with van der Waals surface area (Å²) in [4.78, 5) is 25.0. The van der Waals surface area contributed by atoms with E-state index in [0.29, 0.717) is 5.69 Å². The maximum Gasteiger partial charge on any atom is 0.337 e. The van der Waals surface area contributed by atoms with Crippen LogP contribution in [0.5, 0.6) is 11.5 Å². The van der Waals surface area contributed by atoms with E-state index in [2.05, 4.69) is 4.98 Å². The number of pyridine rings is 1. The zero-order valence-corrected chi connectivity index (χ0v) is 11.5. The largest absolute Gasteiger partial charge is 0.478 e. The Morgan fingerprint density at radius 2 is 2.14 bits per heavy atom. The summed E-state index contributed by atoms with van der Waals surface area (Å²) in [6.45, 7) is 1.56. The van der Waals surface area contributed by atoms with Crippen LogP contribution < -0.4 is 4.74 Å². The van der Waals surface area contributed by atoms with Crippen molar-refractivity contribution in [3.8, 4) is 11.5 Å². The van der Waals surface area contributed by atoms with Crippen LogP contribution in [0.1, 0.15) is 16.1 Å². The smallest absolute Gasteiger partial charge is 0.337 e. The van der Waals surface area contributed by atoms with Crippen molar-refractivity contribution in [3.63, 3.8) is 0 Å². The number of benzene rings is 1. The van der Waals surface area contributed by atoms with Gasteiger partial charge in [-0.25, -0.2) is 4.79 Å². The molecule has 0 unspecified atom stereocenters. The lowest BCUT2D eigenvalue weighted by Crippen LogP contribution is -2.02. The molecule has 0 amide bonds. The molecular weight excluding hydrogens is 300 g/mol. The maximum atomic E-state index is 11.0. The van der Waals surface area contributed by atoms with Crippen LogP contribution in [-0.2, 0) is 0 Å². The number of carboxylic acids is 1. The highest BCUT2D eigenvalue weighted by Gasteiger charge is 2.13. The van der Waals surface area contributed by atoms with Gasteiger partial charge in [0.1, 0.15) is 11.5 Å². The molecule has 0 aliphatic carbocycles. The van der Waals surface area contributed by atoms with Gasteiger partial charge >= 0.3 is 5.97 Å². The van der Waals surface area contributed by atoms with E-state index in [4.69, 9.17) is 21.4 Å². The average molecular weight is 309 g/mol. The number of aromatic nitrogens is 1. The summed E-state index contributed by atoms with van der Waals surface area (Å²) >= 11 is 5.89. The van der Waals surface area contributed by atoms with E-state index >= 15 is 0 Å². The highest BCUT2D eigenvalue weighted by molar-refractivity contribution is 6.32. The monoisotopic (exact) mass is 308 g/mol. The second kappa shape index (κ2) is 5.76. The van der Waals surface area contributed by atoms with Crippen LogP contribution in [0.15, 0.2) is 30.5 Å². The number of ether oxygens (including phenoxy) is 1. The van der Waals surface area contributed by atoms with Crippen LogP contribution in [0, 0.1) is 17.0 Å². The number of carbonyl (C=O) groups is 1. The third-order valence-electron chi connectivity index (χ3n) is 2.65. The number of nitro groups is 1. The molecule has 1 heterocycles. The standard InChI is InChI=1S/C13H9ClN2O5/c1-7-10(13(17)18)5-9(6-15-7)21-12-3-2-8(16(19)20)4-11(12)14/h2-6H,1H3,(H,17,18). The summed E-state index contributed by atoms with van der Waals surface area (Å²) < 4.78 is 5.41. The van der Waals surface area contributed by atoms with Gasteiger partial charge in [-0.2, -0.15) is 0 Å². The number of nitro benzene ring substituents is 1. The molecule has 0 radical (unpaired) electrons. The lowest BCUT2D eigenvalue weighted by atomic mass is 10.2. The van der Waals surface area contributed by atoms with Gasteiger partial charge in [0, 0.05) is 12.1 Å². The summed E-state index contributed by atoms with van der Waals surface area (Å²) in [5.74, 6) is -0.779. The number of hydrogen-bond donors (Lipinski definition) is 1. The van der Waals surface area contributed by atoms with Gasteiger partial charge in [0.2, 0.25) is 0 Å². The molecule has 0 atom stereocenters. The molecule has 0 bridgehead atoms. The number of halogens is 1. The molecule has 1 aromatic heterocycles. The molecule has 0 spiro atoms. The zero-order valence-electron chi connectivity index (χ0n) is 10.7. The molecule has 1 aromatic carbocycles. The lowest BCUT2D eigenvalue weighted by molar-refractivity contribution is -0.384. The van der Waals surface area contributed by atoms with Crippen molar-refractivity contribution >= 4 is 23.3 Å². The minimum Gasteiger partial charge on any atom is -0.478 e. The summed E-state index contributed by atoms with van der Waals surface area (Å²) in [6, 6.07) is 5.03. The average Bonchev–Trinajstić information content (AvgIpc) is 2.42. The third-order valence-corrected chi connectivity index (χ3v) is 2.94. The van der Waals surface area contributed by atoms with E-state index in [1.54, 1.807) is 6.92 Å². The van der Waals surface area contributed by atoms with Crippen molar-refractivity contribution in [2.75, 3.05) is 0 Å². The maximum absolute atomic E-state index is 11.0. The summed E-state index contributed by atoms with van der Waals surface area (Å²) in [7, 11) is 0. The van der Waals surface area contributed by atoms with Gasteiger partial charge in [0.25, 0.3) is 5.69 Å². The topological polar surface area (TPSA) is 103 Å². The van der Waals surface area contributed by atoms with Crippen molar-refractivity contribution in [1.29, 1.82) is 0 Å². The summed E-state index contributed by atoms with van der Waals surface area (Å²) in [6.07, 6.45) is 1.35. The van der Waals surface area contributed by atoms with Crippen LogP contribution in [0.2, 0.25) is 5.02 Å². The number of nitrogens with zero attached hydrogens (tertiary/aromatic N) is 2. The Bertz CT molecular complexity index is 732. The molecule has 21 heavy (non-hydrogen) atoms. The fourth-order valence-corrected chi connectivity index (χ4v) is 1.81. The molecule has 0 saturated heterocycles. The number of hydrogen-bond acceptors (Lipinski definition) is 5. The number of rotatable bonds is 4. The van der Waals surface area contributed by atoms with E-state index in [0.717, 1.165) is 6.07 Å². The van der Waals surface area contributed by atoms with E-state index in [1.807, 2.05) is 0 Å².